The van der Waals surface area contributed by atoms with Crippen molar-refractivity contribution in [2.24, 2.45) is 5.73 Å². The molecule has 8 heteroatoms. The molecule has 0 aliphatic carbocycles. The molecular formula is C17H32N2O6. The van der Waals surface area contributed by atoms with Gasteiger partial charge in [0, 0.05) is 19.4 Å². The van der Waals surface area contributed by atoms with Crippen LogP contribution in [0.25, 0.3) is 0 Å². The summed E-state index contributed by atoms with van der Waals surface area (Å²) in [5.41, 5.74) is 5.04. The Morgan fingerprint density at radius 2 is 1.60 bits per heavy atom. The lowest BCUT2D eigenvalue weighted by Crippen LogP contribution is -2.43. The molecular weight excluding hydrogens is 328 g/mol. The number of carbonyl (C=O) groups is 3. The van der Waals surface area contributed by atoms with Crippen molar-refractivity contribution in [2.75, 3.05) is 39.6 Å². The summed E-state index contributed by atoms with van der Waals surface area (Å²) in [6.45, 7) is 5.00. The highest BCUT2D eigenvalue weighted by atomic mass is 16.5. The summed E-state index contributed by atoms with van der Waals surface area (Å²) < 4.78 is 16.0. The maximum absolute atomic E-state index is 11.9. The summed E-state index contributed by atoms with van der Waals surface area (Å²) in [4.78, 5) is 33.5. The van der Waals surface area contributed by atoms with Crippen LogP contribution in [0.4, 0.5) is 0 Å². The van der Waals surface area contributed by atoms with E-state index in [4.69, 9.17) is 19.9 Å². The van der Waals surface area contributed by atoms with Gasteiger partial charge in [-0.05, 0) is 13.3 Å². The summed E-state index contributed by atoms with van der Waals surface area (Å²) in [6.07, 6.45) is 3.54. The number of ether oxygens (including phenoxy) is 3. The van der Waals surface area contributed by atoms with Crippen molar-refractivity contribution in [1.82, 2.24) is 5.32 Å². The Morgan fingerprint density at radius 1 is 0.960 bits per heavy atom. The van der Waals surface area contributed by atoms with Crippen LogP contribution in [0, 0.1) is 0 Å². The molecule has 0 bridgehead atoms. The SMILES string of the molecule is CCCCCOCC(=O)NC(COCCC(C)=O)COCCC(N)=O. The molecule has 0 aromatic rings. The number of rotatable bonds is 17. The Balaban J connectivity index is 4.09. The van der Waals surface area contributed by atoms with Crippen LogP contribution in [0.3, 0.4) is 0 Å². The molecule has 0 heterocycles. The number of carbonyl (C=O) groups excluding carboxylic acids is 3. The van der Waals surface area contributed by atoms with E-state index in [-0.39, 0.29) is 57.2 Å². The highest BCUT2D eigenvalue weighted by molar-refractivity contribution is 5.77. The first-order chi connectivity index (χ1) is 12.0. The van der Waals surface area contributed by atoms with E-state index in [1.807, 2.05) is 0 Å². The Hall–Kier alpha value is -1.51. The lowest BCUT2D eigenvalue weighted by Gasteiger charge is -2.19. The molecule has 3 N–H and O–H groups in total. The second-order valence-corrected chi connectivity index (χ2v) is 5.84. The number of hydrogen-bond donors (Lipinski definition) is 2. The van der Waals surface area contributed by atoms with Gasteiger partial charge in [0.25, 0.3) is 0 Å². The second-order valence-electron chi connectivity index (χ2n) is 5.84. The van der Waals surface area contributed by atoms with Crippen LogP contribution in [0.1, 0.15) is 46.0 Å². The van der Waals surface area contributed by atoms with Gasteiger partial charge in [0.15, 0.2) is 0 Å². The van der Waals surface area contributed by atoms with Crippen molar-refractivity contribution < 1.29 is 28.6 Å². The maximum atomic E-state index is 11.9. The number of nitrogens with two attached hydrogens (primary N) is 1. The van der Waals surface area contributed by atoms with Gasteiger partial charge in [-0.15, -0.1) is 0 Å². The molecule has 0 aromatic carbocycles. The minimum absolute atomic E-state index is 0.0189. The zero-order valence-corrected chi connectivity index (χ0v) is 15.4. The van der Waals surface area contributed by atoms with Crippen LogP contribution in [0.2, 0.25) is 0 Å². The average molecular weight is 360 g/mol. The number of nitrogens with one attached hydrogen (secondary N) is 1. The third-order valence-corrected chi connectivity index (χ3v) is 3.22. The predicted octanol–water partition coefficient (Wildman–Crippen LogP) is 0.566. The number of hydrogen-bond acceptors (Lipinski definition) is 6. The first kappa shape index (κ1) is 23.5. The molecule has 2 amide bonds. The normalized spacial score (nSPS) is 11.9. The monoisotopic (exact) mass is 360 g/mol. The number of amides is 2. The summed E-state index contributed by atoms with van der Waals surface area (Å²) in [5, 5.41) is 2.77. The fourth-order valence-electron chi connectivity index (χ4n) is 1.86. The summed E-state index contributed by atoms with van der Waals surface area (Å²) in [7, 11) is 0. The molecule has 0 radical (unpaired) electrons. The first-order valence-corrected chi connectivity index (χ1v) is 8.76. The van der Waals surface area contributed by atoms with Gasteiger partial charge in [0.05, 0.1) is 32.5 Å². The van der Waals surface area contributed by atoms with Gasteiger partial charge in [0.2, 0.25) is 11.8 Å². The Labute approximate surface area is 149 Å². The standard InChI is InChI=1S/C17H32N2O6/c1-3-4-5-8-23-13-17(22)19-15(11-24-9-6-14(2)20)12-25-10-7-16(18)21/h15H,3-13H2,1-2H3,(H2,18,21)(H,19,22). The number of unbranched alkanes of at least 4 members (excludes halogenated alkanes) is 2. The molecule has 0 saturated heterocycles. The summed E-state index contributed by atoms with van der Waals surface area (Å²) in [5.74, 6) is -0.660. The van der Waals surface area contributed by atoms with Crippen LogP contribution in [0.5, 0.6) is 0 Å². The van der Waals surface area contributed by atoms with Crippen molar-refractivity contribution >= 4 is 17.6 Å². The molecule has 1 unspecified atom stereocenters. The zero-order chi connectivity index (χ0) is 18.9. The fraction of sp³-hybridized carbons (Fsp3) is 0.824. The zero-order valence-electron chi connectivity index (χ0n) is 15.4. The maximum Gasteiger partial charge on any atom is 0.246 e. The average Bonchev–Trinajstić information content (AvgIpc) is 2.54. The largest absolute Gasteiger partial charge is 0.379 e. The third-order valence-electron chi connectivity index (χ3n) is 3.22. The van der Waals surface area contributed by atoms with Crippen molar-refractivity contribution in [3.8, 4) is 0 Å². The minimum atomic E-state index is -0.446. The number of Topliss-reactive ketones (excluding diaryl/α,β-unsaturated/α-hetero) is 1. The van der Waals surface area contributed by atoms with Crippen molar-refractivity contribution in [3.63, 3.8) is 0 Å². The van der Waals surface area contributed by atoms with E-state index >= 15 is 0 Å². The van der Waals surface area contributed by atoms with E-state index in [0.29, 0.717) is 13.0 Å². The smallest absolute Gasteiger partial charge is 0.246 e. The van der Waals surface area contributed by atoms with Crippen LogP contribution in [-0.4, -0.2) is 63.3 Å². The van der Waals surface area contributed by atoms with Gasteiger partial charge in [-0.25, -0.2) is 0 Å². The van der Waals surface area contributed by atoms with E-state index in [1.165, 1.54) is 6.92 Å². The van der Waals surface area contributed by atoms with Crippen molar-refractivity contribution in [1.29, 1.82) is 0 Å². The lowest BCUT2D eigenvalue weighted by atomic mass is 10.3. The number of primary amides is 1. The predicted molar refractivity (Wildman–Crippen MR) is 93.0 cm³/mol. The van der Waals surface area contributed by atoms with Crippen LogP contribution in [0.15, 0.2) is 0 Å². The quantitative estimate of drug-likeness (QED) is 0.366. The molecule has 25 heavy (non-hydrogen) atoms. The van der Waals surface area contributed by atoms with Gasteiger partial charge in [-0.1, -0.05) is 19.8 Å². The fourth-order valence-corrected chi connectivity index (χ4v) is 1.86. The Bertz CT molecular complexity index is 367. The highest BCUT2D eigenvalue weighted by Crippen LogP contribution is 1.96. The molecule has 1 atom stereocenters. The molecule has 146 valence electrons. The van der Waals surface area contributed by atoms with Crippen molar-refractivity contribution in [2.45, 2.75) is 52.0 Å². The molecule has 0 aliphatic heterocycles. The summed E-state index contributed by atoms with van der Waals surface area (Å²) >= 11 is 0. The van der Waals surface area contributed by atoms with E-state index in [9.17, 15) is 14.4 Å². The Morgan fingerprint density at radius 3 is 2.16 bits per heavy atom. The lowest BCUT2D eigenvalue weighted by molar-refractivity contribution is -0.128. The van der Waals surface area contributed by atoms with Crippen LogP contribution >= 0.6 is 0 Å². The molecule has 0 saturated carbocycles. The molecule has 0 spiro atoms. The summed E-state index contributed by atoms with van der Waals surface area (Å²) in [6, 6.07) is -0.383. The van der Waals surface area contributed by atoms with Crippen LogP contribution < -0.4 is 11.1 Å². The molecule has 0 rings (SSSR count). The molecule has 0 aromatic heterocycles. The third kappa shape index (κ3) is 17.1. The molecule has 8 nitrogen and oxygen atoms in total. The minimum Gasteiger partial charge on any atom is -0.379 e. The first-order valence-electron chi connectivity index (χ1n) is 8.76. The molecule has 0 aliphatic rings. The number of ketones is 1. The van der Waals surface area contributed by atoms with E-state index in [2.05, 4.69) is 12.2 Å². The van der Waals surface area contributed by atoms with Gasteiger partial charge in [0.1, 0.15) is 12.4 Å². The van der Waals surface area contributed by atoms with Crippen molar-refractivity contribution in [3.05, 3.63) is 0 Å². The van der Waals surface area contributed by atoms with E-state index in [1.54, 1.807) is 0 Å². The Kier molecular flexibility index (Phi) is 15.0. The van der Waals surface area contributed by atoms with Gasteiger partial charge in [-0.2, -0.15) is 0 Å². The van der Waals surface area contributed by atoms with Crippen LogP contribution in [-0.2, 0) is 28.6 Å². The van der Waals surface area contributed by atoms with E-state index in [0.717, 1.165) is 19.3 Å². The van der Waals surface area contributed by atoms with Gasteiger partial charge >= 0.3 is 0 Å². The second kappa shape index (κ2) is 16.0. The molecule has 0 fully saturated rings. The van der Waals surface area contributed by atoms with Gasteiger partial charge < -0.3 is 25.3 Å². The highest BCUT2D eigenvalue weighted by Gasteiger charge is 2.13. The van der Waals surface area contributed by atoms with Gasteiger partial charge in [-0.3, -0.25) is 14.4 Å². The van der Waals surface area contributed by atoms with E-state index < -0.39 is 5.91 Å². The topological polar surface area (TPSA) is 117 Å².